The highest BCUT2D eigenvalue weighted by molar-refractivity contribution is 9.10. The normalized spacial score (nSPS) is 20.1. The number of furan rings is 1. The number of halogens is 1. The zero-order chi connectivity index (χ0) is 14.6. The number of hydrogen-bond acceptors (Lipinski definition) is 5. The fourth-order valence-corrected chi connectivity index (χ4v) is 4.20. The molecule has 0 aliphatic heterocycles. The van der Waals surface area contributed by atoms with E-state index in [9.17, 15) is 10.2 Å². The third-order valence-corrected chi connectivity index (χ3v) is 5.33. The van der Waals surface area contributed by atoms with Gasteiger partial charge >= 0.3 is 0 Å². The summed E-state index contributed by atoms with van der Waals surface area (Å²) in [6, 6.07) is 9.13. The number of aliphatic hydroxyl groups excluding tert-OH is 2. The first kappa shape index (κ1) is 13.2. The van der Waals surface area contributed by atoms with E-state index in [1.165, 1.54) is 11.3 Å². The van der Waals surface area contributed by atoms with E-state index in [2.05, 4.69) is 20.9 Å². The van der Waals surface area contributed by atoms with Crippen LogP contribution in [0.1, 0.15) is 33.9 Å². The SMILES string of the molecule is OC1c2ccccc2C(O)c2sc(-c3occc3Br)nc21. The van der Waals surface area contributed by atoms with Crippen LogP contribution < -0.4 is 0 Å². The van der Waals surface area contributed by atoms with Gasteiger partial charge in [-0.2, -0.15) is 0 Å². The number of fused-ring (bicyclic) bond motifs is 2. The number of aliphatic hydroxyl groups is 2. The van der Waals surface area contributed by atoms with E-state index in [4.69, 9.17) is 4.42 Å². The molecule has 21 heavy (non-hydrogen) atoms. The van der Waals surface area contributed by atoms with Crippen LogP contribution >= 0.6 is 27.3 Å². The molecule has 2 unspecified atom stereocenters. The molecule has 0 amide bonds. The lowest BCUT2D eigenvalue weighted by Crippen LogP contribution is -2.16. The Hall–Kier alpha value is -1.47. The molecule has 2 aromatic heterocycles. The Labute approximate surface area is 132 Å². The van der Waals surface area contributed by atoms with E-state index in [0.29, 0.717) is 26.9 Å². The molecule has 0 saturated heterocycles. The zero-order valence-corrected chi connectivity index (χ0v) is 13.1. The van der Waals surface area contributed by atoms with Crippen LogP contribution in [0.5, 0.6) is 0 Å². The first-order valence-electron chi connectivity index (χ1n) is 6.35. The van der Waals surface area contributed by atoms with Crippen molar-refractivity contribution in [3.8, 4) is 10.8 Å². The largest absolute Gasteiger partial charge is 0.461 e. The highest BCUT2D eigenvalue weighted by Crippen LogP contribution is 2.46. The van der Waals surface area contributed by atoms with E-state index in [1.807, 2.05) is 24.3 Å². The lowest BCUT2D eigenvalue weighted by Gasteiger charge is -2.24. The maximum atomic E-state index is 10.5. The molecule has 0 saturated carbocycles. The van der Waals surface area contributed by atoms with Gasteiger partial charge in [0.1, 0.15) is 12.2 Å². The van der Waals surface area contributed by atoms with Gasteiger partial charge in [0, 0.05) is 0 Å². The van der Waals surface area contributed by atoms with Crippen molar-refractivity contribution in [1.29, 1.82) is 0 Å². The Kier molecular flexibility index (Phi) is 3.00. The summed E-state index contributed by atoms with van der Waals surface area (Å²) in [6.07, 6.45) is -0.0144. The maximum absolute atomic E-state index is 10.5. The van der Waals surface area contributed by atoms with Gasteiger partial charge < -0.3 is 14.6 Å². The summed E-state index contributed by atoms with van der Waals surface area (Å²) in [5.74, 6) is 0.609. The summed E-state index contributed by atoms with van der Waals surface area (Å²) < 4.78 is 6.21. The van der Waals surface area contributed by atoms with Crippen LogP contribution in [0, 0.1) is 0 Å². The number of thiazole rings is 1. The predicted octanol–water partition coefficient (Wildman–Crippen LogP) is 3.64. The Morgan fingerprint density at radius 1 is 1.10 bits per heavy atom. The number of rotatable bonds is 1. The van der Waals surface area contributed by atoms with E-state index < -0.39 is 12.2 Å². The molecule has 1 aromatic carbocycles. The van der Waals surface area contributed by atoms with E-state index in [-0.39, 0.29) is 0 Å². The van der Waals surface area contributed by atoms with Crippen molar-refractivity contribution in [3.63, 3.8) is 0 Å². The van der Waals surface area contributed by atoms with Crippen LogP contribution in [0.15, 0.2) is 45.5 Å². The van der Waals surface area contributed by atoms with Crippen LogP contribution in [-0.4, -0.2) is 15.2 Å². The quantitative estimate of drug-likeness (QED) is 0.692. The van der Waals surface area contributed by atoms with E-state index >= 15 is 0 Å². The van der Waals surface area contributed by atoms with Crippen LogP contribution in [0.25, 0.3) is 10.8 Å². The molecule has 4 nitrogen and oxygen atoms in total. The Morgan fingerprint density at radius 3 is 2.48 bits per heavy atom. The third kappa shape index (κ3) is 1.91. The molecule has 4 rings (SSSR count). The van der Waals surface area contributed by atoms with Gasteiger partial charge in [-0.25, -0.2) is 4.98 Å². The zero-order valence-electron chi connectivity index (χ0n) is 10.7. The minimum atomic E-state index is -0.821. The third-order valence-electron chi connectivity index (χ3n) is 3.59. The lowest BCUT2D eigenvalue weighted by molar-refractivity contribution is 0.173. The van der Waals surface area contributed by atoms with Crippen LogP contribution in [0.4, 0.5) is 0 Å². The van der Waals surface area contributed by atoms with Gasteiger partial charge in [0.25, 0.3) is 0 Å². The molecule has 1 aliphatic rings. The second-order valence-electron chi connectivity index (χ2n) is 4.80. The van der Waals surface area contributed by atoms with E-state index in [1.54, 1.807) is 12.3 Å². The Bertz CT molecular complexity index is 779. The van der Waals surface area contributed by atoms with Gasteiger partial charge in [0.15, 0.2) is 10.8 Å². The molecule has 2 heterocycles. The summed E-state index contributed by atoms with van der Waals surface area (Å²) >= 11 is 4.74. The summed E-state index contributed by atoms with van der Waals surface area (Å²) in [5.41, 5.74) is 1.93. The van der Waals surface area contributed by atoms with Crippen LogP contribution in [-0.2, 0) is 0 Å². The standard InChI is InChI=1S/C15H10BrNO3S/c16-9-5-6-20-13(9)15-17-10-11(18)7-3-1-2-4-8(7)12(19)14(10)21-15/h1-6,11-12,18-19H. The number of aromatic nitrogens is 1. The van der Waals surface area contributed by atoms with Crippen molar-refractivity contribution in [1.82, 2.24) is 4.98 Å². The summed E-state index contributed by atoms with van der Waals surface area (Å²) in [7, 11) is 0. The van der Waals surface area contributed by atoms with Gasteiger partial charge in [0.05, 0.1) is 21.3 Å². The summed E-state index contributed by atoms with van der Waals surface area (Å²) in [6.45, 7) is 0. The molecule has 106 valence electrons. The minimum absolute atomic E-state index is 0.504. The monoisotopic (exact) mass is 363 g/mol. The fraction of sp³-hybridized carbons (Fsp3) is 0.133. The molecule has 0 radical (unpaired) electrons. The highest BCUT2D eigenvalue weighted by atomic mass is 79.9. The molecular weight excluding hydrogens is 354 g/mol. The molecule has 0 fully saturated rings. The molecule has 0 bridgehead atoms. The second-order valence-corrected chi connectivity index (χ2v) is 6.69. The Balaban J connectivity index is 1.89. The smallest absolute Gasteiger partial charge is 0.176 e. The molecular formula is C15H10BrNO3S. The number of benzene rings is 1. The average molecular weight is 364 g/mol. The van der Waals surface area contributed by atoms with Crippen molar-refractivity contribution in [2.45, 2.75) is 12.2 Å². The average Bonchev–Trinajstić information content (AvgIpc) is 3.11. The maximum Gasteiger partial charge on any atom is 0.176 e. The number of nitrogens with zero attached hydrogens (tertiary/aromatic N) is 1. The molecule has 3 aromatic rings. The topological polar surface area (TPSA) is 66.5 Å². The van der Waals surface area contributed by atoms with Gasteiger partial charge in [0.2, 0.25) is 0 Å². The highest BCUT2D eigenvalue weighted by Gasteiger charge is 2.34. The van der Waals surface area contributed by atoms with Crippen molar-refractivity contribution in [2.75, 3.05) is 0 Å². The van der Waals surface area contributed by atoms with Gasteiger partial charge in [-0.3, -0.25) is 0 Å². The first-order chi connectivity index (χ1) is 10.2. The first-order valence-corrected chi connectivity index (χ1v) is 7.96. The van der Waals surface area contributed by atoms with Gasteiger partial charge in [-0.05, 0) is 33.1 Å². The Morgan fingerprint density at radius 2 is 1.81 bits per heavy atom. The van der Waals surface area contributed by atoms with Crippen molar-refractivity contribution in [2.24, 2.45) is 0 Å². The van der Waals surface area contributed by atoms with Crippen molar-refractivity contribution < 1.29 is 14.6 Å². The van der Waals surface area contributed by atoms with Crippen molar-refractivity contribution in [3.05, 3.63) is 62.8 Å². The van der Waals surface area contributed by atoms with Gasteiger partial charge in [-0.1, -0.05) is 24.3 Å². The van der Waals surface area contributed by atoms with Crippen LogP contribution in [0.3, 0.4) is 0 Å². The van der Waals surface area contributed by atoms with Crippen LogP contribution in [0.2, 0.25) is 0 Å². The molecule has 1 aliphatic carbocycles. The second kappa shape index (κ2) is 4.78. The van der Waals surface area contributed by atoms with E-state index in [0.717, 1.165) is 10.0 Å². The molecule has 6 heteroatoms. The molecule has 2 atom stereocenters. The number of hydrogen-bond donors (Lipinski definition) is 2. The van der Waals surface area contributed by atoms with Crippen molar-refractivity contribution >= 4 is 27.3 Å². The van der Waals surface area contributed by atoms with Gasteiger partial charge in [-0.15, -0.1) is 11.3 Å². The summed E-state index contributed by atoms with van der Waals surface area (Å²) in [4.78, 5) is 5.14. The molecule has 0 spiro atoms. The lowest BCUT2D eigenvalue weighted by atomic mass is 9.89. The summed E-state index contributed by atoms with van der Waals surface area (Å²) in [5, 5.41) is 21.7. The fourth-order valence-electron chi connectivity index (χ4n) is 2.58. The predicted molar refractivity (Wildman–Crippen MR) is 82.1 cm³/mol. The molecule has 2 N–H and O–H groups in total. The minimum Gasteiger partial charge on any atom is -0.461 e.